The molecule has 0 aliphatic carbocycles. The van der Waals surface area contributed by atoms with Crippen LogP contribution >= 0.6 is 11.8 Å². The summed E-state index contributed by atoms with van der Waals surface area (Å²) in [5, 5.41) is 12.8. The molecule has 2 unspecified atom stereocenters. The molecular weight excluding hydrogens is 633 g/mol. The first-order valence-electron chi connectivity index (χ1n) is 16.9. The third kappa shape index (κ3) is 8.85. The van der Waals surface area contributed by atoms with Crippen molar-refractivity contribution in [2.75, 3.05) is 5.75 Å². The smallest absolute Gasteiger partial charge is 0.336 e. The molecule has 0 radical (unpaired) electrons. The molecule has 0 bridgehead atoms. The minimum Gasteiger partial charge on any atom is -0.478 e. The van der Waals surface area contributed by atoms with E-state index in [1.165, 1.54) is 11.8 Å². The number of amides is 1. The fourth-order valence-corrected chi connectivity index (χ4v) is 6.99. The summed E-state index contributed by atoms with van der Waals surface area (Å²) in [5.74, 6) is 0.199. The van der Waals surface area contributed by atoms with Crippen molar-refractivity contribution in [3.05, 3.63) is 125 Å². The molecule has 5 rings (SSSR count). The number of carbonyl (C=O) groups is 3. The molecule has 1 heterocycles. The molecule has 1 aromatic heterocycles. The third-order valence-electron chi connectivity index (χ3n) is 8.61. The Balaban J connectivity index is 1.42. The molecule has 0 aliphatic heterocycles. The van der Waals surface area contributed by atoms with Crippen LogP contribution in [0.15, 0.2) is 91.0 Å². The van der Waals surface area contributed by atoms with Crippen LogP contribution in [0.1, 0.15) is 76.3 Å². The number of nitrogens with one attached hydrogen (secondary N) is 1. The number of nitrogens with two attached hydrogens (primary N) is 1. The Morgan fingerprint density at radius 3 is 2.33 bits per heavy atom. The van der Waals surface area contributed by atoms with Crippen LogP contribution in [0.25, 0.3) is 22.2 Å². The highest BCUT2D eigenvalue weighted by Gasteiger charge is 2.22. The highest BCUT2D eigenvalue weighted by Crippen LogP contribution is 2.27. The second kappa shape index (κ2) is 16.6. The van der Waals surface area contributed by atoms with Gasteiger partial charge >= 0.3 is 5.97 Å². The number of benzene rings is 4. The number of fused-ring (bicyclic) bond motifs is 1. The Bertz CT molecular complexity index is 1920. The zero-order valence-corrected chi connectivity index (χ0v) is 29.1. The van der Waals surface area contributed by atoms with Gasteiger partial charge in [0.25, 0.3) is 5.91 Å². The van der Waals surface area contributed by atoms with Crippen molar-refractivity contribution >= 4 is 39.8 Å². The number of carbonyl (C=O) groups excluding carboxylic acids is 2. The summed E-state index contributed by atoms with van der Waals surface area (Å²) >= 11 is 1.19. The van der Waals surface area contributed by atoms with E-state index in [-0.39, 0.29) is 22.6 Å². The zero-order valence-electron chi connectivity index (χ0n) is 28.3. The normalized spacial score (nSPS) is 12.5. The average molecular weight is 677 g/mol. The van der Waals surface area contributed by atoms with Crippen LogP contribution in [0.4, 0.5) is 0 Å². The predicted octanol–water partition coefficient (Wildman–Crippen LogP) is 7.44. The number of imidazole rings is 1. The molecule has 4 aromatic carbocycles. The van der Waals surface area contributed by atoms with Gasteiger partial charge in [-0.25, -0.2) is 9.78 Å². The summed E-state index contributed by atoms with van der Waals surface area (Å²) in [5.41, 5.74) is 13.1. The lowest BCUT2D eigenvalue weighted by molar-refractivity contribution is -0.112. The Morgan fingerprint density at radius 2 is 1.63 bits per heavy atom. The van der Waals surface area contributed by atoms with E-state index in [2.05, 4.69) is 16.8 Å². The summed E-state index contributed by atoms with van der Waals surface area (Å²) in [6, 6.07) is 27.9. The van der Waals surface area contributed by atoms with Crippen molar-refractivity contribution in [3.8, 4) is 11.1 Å². The standard InChI is InChI=1S/C40H44N4O4S/c1-4-11-34(41)40(48)49-25-31(22-27-13-7-6-8-14-27)42-38(45)30-21-26(3)37-35(23-30)44(36(43-37)12-5-2)24-28-17-19-29(20-18-28)32-15-9-10-16-33(32)39(46)47/h6-10,13-21,23,31,34H,4-5,11-12,22,24-25,41H2,1-3H3,(H,42,45)(H,46,47). The number of aromatic nitrogens is 2. The fraction of sp³-hybridized carbons (Fsp3) is 0.300. The van der Waals surface area contributed by atoms with E-state index in [9.17, 15) is 19.5 Å². The highest BCUT2D eigenvalue weighted by molar-refractivity contribution is 8.13. The molecule has 2 atom stereocenters. The van der Waals surface area contributed by atoms with Crippen LogP contribution in [-0.4, -0.2) is 49.5 Å². The predicted molar refractivity (Wildman–Crippen MR) is 198 cm³/mol. The molecule has 0 saturated heterocycles. The number of rotatable bonds is 15. The van der Waals surface area contributed by atoms with Crippen molar-refractivity contribution in [2.45, 2.75) is 71.5 Å². The molecule has 1 amide bonds. The highest BCUT2D eigenvalue weighted by atomic mass is 32.2. The molecule has 9 heteroatoms. The van der Waals surface area contributed by atoms with E-state index in [0.29, 0.717) is 36.3 Å². The molecule has 0 fully saturated rings. The molecule has 0 spiro atoms. The topological polar surface area (TPSA) is 127 Å². The Kier molecular flexibility index (Phi) is 12.0. The van der Waals surface area contributed by atoms with Gasteiger partial charge in [0, 0.05) is 30.3 Å². The minimum atomic E-state index is -0.959. The lowest BCUT2D eigenvalue weighted by Gasteiger charge is -2.20. The number of hydrogen-bond acceptors (Lipinski definition) is 6. The van der Waals surface area contributed by atoms with E-state index in [1.807, 2.05) is 92.7 Å². The summed E-state index contributed by atoms with van der Waals surface area (Å²) in [6.45, 7) is 6.65. The second-order valence-corrected chi connectivity index (χ2v) is 13.5. The lowest BCUT2D eigenvalue weighted by atomic mass is 9.98. The Labute approximate surface area is 292 Å². The molecule has 49 heavy (non-hydrogen) atoms. The zero-order chi connectivity index (χ0) is 34.9. The van der Waals surface area contributed by atoms with Gasteiger partial charge in [-0.1, -0.05) is 105 Å². The summed E-state index contributed by atoms with van der Waals surface area (Å²) in [4.78, 5) is 43.4. The number of thioether (sulfide) groups is 1. The quantitative estimate of drug-likeness (QED) is 0.105. The Morgan fingerprint density at radius 1 is 0.918 bits per heavy atom. The maximum absolute atomic E-state index is 13.9. The van der Waals surface area contributed by atoms with Crippen LogP contribution in [-0.2, 0) is 24.2 Å². The molecule has 8 nitrogen and oxygen atoms in total. The largest absolute Gasteiger partial charge is 0.478 e. The van der Waals surface area contributed by atoms with E-state index in [4.69, 9.17) is 10.7 Å². The van der Waals surface area contributed by atoms with Gasteiger partial charge in [0.1, 0.15) is 5.82 Å². The average Bonchev–Trinajstić information content (AvgIpc) is 3.45. The molecule has 0 saturated carbocycles. The van der Waals surface area contributed by atoms with Crippen molar-refractivity contribution in [1.82, 2.24) is 14.9 Å². The fourth-order valence-electron chi connectivity index (χ4n) is 6.09. The molecule has 0 aliphatic rings. The molecule has 254 valence electrons. The van der Waals surface area contributed by atoms with Gasteiger partial charge in [0.2, 0.25) is 5.12 Å². The number of aryl methyl sites for hydroxylation is 2. The number of carboxylic acids is 1. The van der Waals surface area contributed by atoms with Crippen molar-refractivity contribution in [2.24, 2.45) is 5.73 Å². The van der Waals surface area contributed by atoms with E-state index in [0.717, 1.165) is 58.4 Å². The molecule has 4 N–H and O–H groups in total. The van der Waals surface area contributed by atoms with Gasteiger partial charge in [0.15, 0.2) is 0 Å². The van der Waals surface area contributed by atoms with Crippen molar-refractivity contribution in [3.63, 3.8) is 0 Å². The van der Waals surface area contributed by atoms with Crippen molar-refractivity contribution < 1.29 is 19.5 Å². The van der Waals surface area contributed by atoms with E-state index >= 15 is 0 Å². The first-order valence-corrected chi connectivity index (χ1v) is 17.8. The van der Waals surface area contributed by atoms with Gasteiger partial charge < -0.3 is 20.7 Å². The number of nitrogens with zero attached hydrogens (tertiary/aromatic N) is 2. The second-order valence-electron chi connectivity index (χ2n) is 12.5. The van der Waals surface area contributed by atoms with Crippen LogP contribution in [0.3, 0.4) is 0 Å². The maximum atomic E-state index is 13.9. The minimum absolute atomic E-state index is 0.0575. The maximum Gasteiger partial charge on any atom is 0.336 e. The first-order chi connectivity index (χ1) is 23.7. The van der Waals surface area contributed by atoms with Crippen LogP contribution in [0, 0.1) is 6.92 Å². The monoisotopic (exact) mass is 676 g/mol. The third-order valence-corrected chi connectivity index (χ3v) is 9.77. The summed E-state index contributed by atoms with van der Waals surface area (Å²) in [7, 11) is 0. The molecular formula is C40H44N4O4S. The van der Waals surface area contributed by atoms with Crippen LogP contribution in [0.2, 0.25) is 0 Å². The van der Waals surface area contributed by atoms with E-state index in [1.54, 1.807) is 12.1 Å². The van der Waals surface area contributed by atoms with Gasteiger partial charge in [-0.3, -0.25) is 9.59 Å². The van der Waals surface area contributed by atoms with E-state index < -0.39 is 12.0 Å². The van der Waals surface area contributed by atoms with Crippen molar-refractivity contribution in [1.29, 1.82) is 0 Å². The first kappa shape index (κ1) is 35.6. The molecule has 5 aromatic rings. The summed E-state index contributed by atoms with van der Waals surface area (Å²) < 4.78 is 2.17. The number of carboxylic acid groups (broad SMARTS) is 1. The Hall–Kier alpha value is -4.73. The summed E-state index contributed by atoms with van der Waals surface area (Å²) in [6.07, 6.45) is 3.76. The number of aromatic carboxylic acids is 1. The van der Waals surface area contributed by atoms with Crippen LogP contribution in [0.5, 0.6) is 0 Å². The van der Waals surface area contributed by atoms with Gasteiger partial charge in [-0.2, -0.15) is 0 Å². The lowest BCUT2D eigenvalue weighted by Crippen LogP contribution is -2.39. The van der Waals surface area contributed by atoms with Crippen LogP contribution < -0.4 is 11.1 Å². The van der Waals surface area contributed by atoms with Gasteiger partial charge in [-0.15, -0.1) is 0 Å². The SMILES string of the molecule is CCCc1nc2c(C)cc(C(=O)NC(CSC(=O)C(N)CCC)Cc3ccccc3)cc2n1Cc1ccc(-c2ccccc2C(=O)O)cc1. The van der Waals surface area contributed by atoms with Gasteiger partial charge in [0.05, 0.1) is 22.6 Å². The number of hydrogen-bond donors (Lipinski definition) is 3. The van der Waals surface area contributed by atoms with Gasteiger partial charge in [-0.05, 0) is 72.2 Å².